The molecular formula is C18H20N6O2S. The zero-order valence-electron chi connectivity index (χ0n) is 14.9. The molecule has 1 saturated heterocycles. The summed E-state index contributed by atoms with van der Waals surface area (Å²) in [6.07, 6.45) is 1.60. The van der Waals surface area contributed by atoms with Crippen LogP contribution in [0.4, 0.5) is 5.13 Å². The van der Waals surface area contributed by atoms with Crippen LogP contribution in [0.5, 0.6) is 0 Å². The van der Waals surface area contributed by atoms with E-state index in [9.17, 15) is 9.59 Å². The molecule has 0 aliphatic carbocycles. The number of aryl methyl sites for hydroxylation is 1. The number of benzene rings is 1. The van der Waals surface area contributed by atoms with Crippen LogP contribution in [0.3, 0.4) is 0 Å². The summed E-state index contributed by atoms with van der Waals surface area (Å²) in [5.74, 6) is 0.289. The van der Waals surface area contributed by atoms with E-state index >= 15 is 0 Å². The van der Waals surface area contributed by atoms with Crippen molar-refractivity contribution in [3.8, 4) is 0 Å². The molecule has 1 aromatic carbocycles. The van der Waals surface area contributed by atoms with E-state index in [0.29, 0.717) is 24.6 Å². The minimum Gasteiger partial charge on any atom is -0.355 e. The summed E-state index contributed by atoms with van der Waals surface area (Å²) in [4.78, 5) is 34.0. The number of fused-ring (bicyclic) bond motifs is 1. The van der Waals surface area contributed by atoms with Gasteiger partial charge in [-0.1, -0.05) is 30.4 Å². The van der Waals surface area contributed by atoms with Crippen molar-refractivity contribution < 1.29 is 9.59 Å². The molecule has 3 aromatic rings. The minimum atomic E-state index is -0.359. The molecule has 3 heterocycles. The van der Waals surface area contributed by atoms with Crippen molar-refractivity contribution >= 4 is 39.3 Å². The number of para-hydroxylation sites is 2. The van der Waals surface area contributed by atoms with Gasteiger partial charge in [0.2, 0.25) is 16.9 Å². The van der Waals surface area contributed by atoms with Crippen LogP contribution in [-0.4, -0.2) is 45.1 Å². The fourth-order valence-electron chi connectivity index (χ4n) is 3.14. The third-order valence-corrected chi connectivity index (χ3v) is 5.68. The highest BCUT2D eigenvalue weighted by atomic mass is 32.1. The van der Waals surface area contributed by atoms with Gasteiger partial charge in [-0.3, -0.25) is 14.5 Å². The zero-order valence-corrected chi connectivity index (χ0v) is 15.8. The minimum absolute atomic E-state index is 0.0776. The Bertz CT molecular complexity index is 948. The van der Waals surface area contributed by atoms with Gasteiger partial charge in [-0.15, -0.1) is 10.2 Å². The molecule has 0 spiro atoms. The summed E-state index contributed by atoms with van der Waals surface area (Å²) in [5.41, 5.74) is 1.90. The first-order valence-corrected chi connectivity index (χ1v) is 9.79. The molecule has 0 radical (unpaired) electrons. The van der Waals surface area contributed by atoms with E-state index in [0.717, 1.165) is 28.3 Å². The number of carbonyl (C=O) groups is 2. The number of rotatable bonds is 6. The smallest absolute Gasteiger partial charge is 0.229 e. The van der Waals surface area contributed by atoms with Gasteiger partial charge in [-0.25, -0.2) is 4.98 Å². The van der Waals surface area contributed by atoms with Crippen molar-refractivity contribution in [2.24, 2.45) is 5.92 Å². The molecule has 9 heteroatoms. The normalized spacial score (nSPS) is 17.0. The second-order valence-electron chi connectivity index (χ2n) is 6.48. The van der Waals surface area contributed by atoms with Gasteiger partial charge in [-0.2, -0.15) is 0 Å². The number of hydrogen-bond donors (Lipinski definition) is 2. The van der Waals surface area contributed by atoms with Crippen molar-refractivity contribution in [1.82, 2.24) is 25.5 Å². The lowest BCUT2D eigenvalue weighted by Gasteiger charge is -2.12. The second kappa shape index (κ2) is 7.43. The SMILES string of the molecule is CCc1nnc(N2CC(C(=O)NCCc3nc4ccccc4[nH]3)CC2=O)s1. The maximum Gasteiger partial charge on any atom is 0.229 e. The van der Waals surface area contributed by atoms with Crippen LogP contribution < -0.4 is 10.2 Å². The molecule has 1 fully saturated rings. The van der Waals surface area contributed by atoms with Crippen LogP contribution in [0.15, 0.2) is 24.3 Å². The highest BCUT2D eigenvalue weighted by molar-refractivity contribution is 7.15. The largest absolute Gasteiger partial charge is 0.355 e. The standard InChI is InChI=1S/C18H20N6O2S/c1-2-15-22-23-18(27-15)24-10-11(9-16(24)25)17(26)19-8-7-14-20-12-5-3-4-6-13(12)21-14/h3-6,11H,2,7-10H2,1H3,(H,19,26)(H,20,21). The lowest BCUT2D eigenvalue weighted by molar-refractivity contribution is -0.126. The molecule has 140 valence electrons. The Kier molecular flexibility index (Phi) is 4.85. The Hall–Kier alpha value is -2.81. The number of anilines is 1. The summed E-state index contributed by atoms with van der Waals surface area (Å²) in [6.45, 7) is 2.82. The van der Waals surface area contributed by atoms with E-state index in [1.165, 1.54) is 11.3 Å². The van der Waals surface area contributed by atoms with Gasteiger partial charge in [0.05, 0.1) is 17.0 Å². The highest BCUT2D eigenvalue weighted by Gasteiger charge is 2.36. The first-order chi connectivity index (χ1) is 13.1. The predicted molar refractivity (Wildman–Crippen MR) is 103 cm³/mol. The van der Waals surface area contributed by atoms with Crippen molar-refractivity contribution in [3.63, 3.8) is 0 Å². The number of amides is 2. The molecule has 0 bridgehead atoms. The van der Waals surface area contributed by atoms with E-state index in [2.05, 4.69) is 25.5 Å². The molecule has 1 unspecified atom stereocenters. The predicted octanol–water partition coefficient (Wildman–Crippen LogP) is 1.69. The second-order valence-corrected chi connectivity index (χ2v) is 7.52. The van der Waals surface area contributed by atoms with Gasteiger partial charge >= 0.3 is 0 Å². The molecule has 8 nitrogen and oxygen atoms in total. The van der Waals surface area contributed by atoms with Crippen LogP contribution in [0.2, 0.25) is 0 Å². The number of H-pyrrole nitrogens is 1. The van der Waals surface area contributed by atoms with Gasteiger partial charge in [0.1, 0.15) is 10.8 Å². The fourth-order valence-corrected chi connectivity index (χ4v) is 3.94. The van der Waals surface area contributed by atoms with Crippen LogP contribution >= 0.6 is 11.3 Å². The average Bonchev–Trinajstić information content (AvgIpc) is 3.38. The number of imidazole rings is 1. The van der Waals surface area contributed by atoms with E-state index < -0.39 is 0 Å². The maximum atomic E-state index is 12.4. The number of aromatic nitrogens is 4. The van der Waals surface area contributed by atoms with Crippen LogP contribution in [0, 0.1) is 5.92 Å². The summed E-state index contributed by atoms with van der Waals surface area (Å²) < 4.78 is 0. The summed E-state index contributed by atoms with van der Waals surface area (Å²) >= 11 is 1.40. The van der Waals surface area contributed by atoms with Gasteiger partial charge < -0.3 is 10.3 Å². The zero-order chi connectivity index (χ0) is 18.8. The maximum absolute atomic E-state index is 12.4. The Labute approximate surface area is 160 Å². The van der Waals surface area contributed by atoms with Crippen molar-refractivity contribution in [2.45, 2.75) is 26.2 Å². The van der Waals surface area contributed by atoms with Gasteiger partial charge in [0.15, 0.2) is 0 Å². The van der Waals surface area contributed by atoms with Crippen molar-refractivity contribution in [1.29, 1.82) is 0 Å². The quantitative estimate of drug-likeness (QED) is 0.673. The third kappa shape index (κ3) is 3.68. The Morgan fingerprint density at radius 3 is 3.00 bits per heavy atom. The summed E-state index contributed by atoms with van der Waals surface area (Å²) in [5, 5.41) is 12.5. The molecule has 27 heavy (non-hydrogen) atoms. The van der Waals surface area contributed by atoms with Crippen molar-refractivity contribution in [2.75, 3.05) is 18.0 Å². The van der Waals surface area contributed by atoms with Crippen LogP contribution in [-0.2, 0) is 22.4 Å². The van der Waals surface area contributed by atoms with Gasteiger partial charge in [0.25, 0.3) is 0 Å². The fraction of sp³-hybridized carbons (Fsp3) is 0.389. The third-order valence-electron chi connectivity index (χ3n) is 4.58. The molecule has 1 aliphatic rings. The first-order valence-electron chi connectivity index (χ1n) is 8.98. The number of nitrogens with one attached hydrogen (secondary N) is 2. The molecule has 4 rings (SSSR count). The van der Waals surface area contributed by atoms with E-state index in [-0.39, 0.29) is 24.2 Å². The van der Waals surface area contributed by atoms with Gasteiger partial charge in [0, 0.05) is 25.9 Å². The lowest BCUT2D eigenvalue weighted by atomic mass is 10.1. The number of carbonyl (C=O) groups excluding carboxylic acids is 2. The summed E-state index contributed by atoms with van der Waals surface area (Å²) in [7, 11) is 0. The topological polar surface area (TPSA) is 104 Å². The molecule has 0 saturated carbocycles. The molecule has 1 atom stereocenters. The monoisotopic (exact) mass is 384 g/mol. The van der Waals surface area contributed by atoms with E-state index in [1.54, 1.807) is 4.90 Å². The van der Waals surface area contributed by atoms with Crippen molar-refractivity contribution in [3.05, 3.63) is 35.1 Å². The van der Waals surface area contributed by atoms with E-state index in [1.807, 2.05) is 31.2 Å². The highest BCUT2D eigenvalue weighted by Crippen LogP contribution is 2.28. The molecule has 2 N–H and O–H groups in total. The Balaban J connectivity index is 1.31. The van der Waals surface area contributed by atoms with Gasteiger partial charge in [-0.05, 0) is 18.6 Å². The van der Waals surface area contributed by atoms with Crippen LogP contribution in [0.1, 0.15) is 24.2 Å². The molecular weight excluding hydrogens is 364 g/mol. The number of nitrogens with zero attached hydrogens (tertiary/aromatic N) is 4. The first kappa shape index (κ1) is 17.6. The Morgan fingerprint density at radius 2 is 2.22 bits per heavy atom. The molecule has 1 aliphatic heterocycles. The Morgan fingerprint density at radius 1 is 1.37 bits per heavy atom. The number of aromatic amines is 1. The summed E-state index contributed by atoms with van der Waals surface area (Å²) in [6, 6.07) is 7.82. The van der Waals surface area contributed by atoms with Crippen LogP contribution in [0.25, 0.3) is 11.0 Å². The molecule has 2 amide bonds. The molecule has 2 aromatic heterocycles. The number of hydrogen-bond acceptors (Lipinski definition) is 6. The average molecular weight is 384 g/mol. The van der Waals surface area contributed by atoms with E-state index in [4.69, 9.17) is 0 Å². The lowest BCUT2D eigenvalue weighted by Crippen LogP contribution is -2.34.